The summed E-state index contributed by atoms with van der Waals surface area (Å²) in [6, 6.07) is 5.70. The van der Waals surface area contributed by atoms with Gasteiger partial charge in [-0.15, -0.1) is 0 Å². The number of aromatic nitrogens is 1. The third-order valence-electron chi connectivity index (χ3n) is 2.07. The standard InChI is InChI=1S/C10H10N4S/c11-4-7(5-12)6-1-2-8-9(3-6)15-10(13)14-8/h1-5,11H,12H2,(H2,13,14)/b7-5+,11-4?. The zero-order valence-corrected chi connectivity index (χ0v) is 8.71. The van der Waals surface area contributed by atoms with E-state index in [0.29, 0.717) is 10.7 Å². The molecule has 0 radical (unpaired) electrons. The normalized spacial score (nSPS) is 11.9. The molecular formula is C10H10N4S. The third kappa shape index (κ3) is 1.69. The molecule has 2 aromatic rings. The predicted molar refractivity (Wildman–Crippen MR) is 65.0 cm³/mol. The molecule has 0 amide bonds. The molecule has 0 atom stereocenters. The van der Waals surface area contributed by atoms with Crippen LogP contribution in [-0.4, -0.2) is 11.2 Å². The molecule has 1 aromatic carbocycles. The van der Waals surface area contributed by atoms with Crippen molar-refractivity contribution in [1.82, 2.24) is 4.98 Å². The van der Waals surface area contributed by atoms with Gasteiger partial charge in [-0.25, -0.2) is 4.98 Å². The zero-order chi connectivity index (χ0) is 10.8. The van der Waals surface area contributed by atoms with E-state index in [1.807, 2.05) is 18.2 Å². The van der Waals surface area contributed by atoms with E-state index in [4.69, 9.17) is 16.9 Å². The Kier molecular flexibility index (Phi) is 2.39. The van der Waals surface area contributed by atoms with Gasteiger partial charge < -0.3 is 16.9 Å². The Balaban J connectivity index is 2.59. The van der Waals surface area contributed by atoms with E-state index in [0.717, 1.165) is 15.8 Å². The summed E-state index contributed by atoms with van der Waals surface area (Å²) >= 11 is 1.43. The van der Waals surface area contributed by atoms with Gasteiger partial charge in [0.2, 0.25) is 0 Å². The molecule has 2 rings (SSSR count). The summed E-state index contributed by atoms with van der Waals surface area (Å²) in [5, 5.41) is 7.75. The van der Waals surface area contributed by atoms with Crippen molar-refractivity contribution in [3.05, 3.63) is 30.0 Å². The first kappa shape index (κ1) is 9.67. The molecular weight excluding hydrogens is 208 g/mol. The summed E-state index contributed by atoms with van der Waals surface area (Å²) in [5.41, 5.74) is 13.5. The molecule has 0 saturated carbocycles. The fraction of sp³-hybridized carbons (Fsp3) is 0. The maximum absolute atomic E-state index is 7.20. The molecule has 4 nitrogen and oxygen atoms in total. The van der Waals surface area contributed by atoms with Crippen molar-refractivity contribution < 1.29 is 0 Å². The van der Waals surface area contributed by atoms with E-state index in [2.05, 4.69) is 4.98 Å². The van der Waals surface area contributed by atoms with Gasteiger partial charge in [-0.1, -0.05) is 17.4 Å². The Hall–Kier alpha value is -1.88. The molecule has 1 aromatic heterocycles. The van der Waals surface area contributed by atoms with Crippen LogP contribution in [0.2, 0.25) is 0 Å². The highest BCUT2D eigenvalue weighted by atomic mass is 32.1. The van der Waals surface area contributed by atoms with Crippen LogP contribution < -0.4 is 11.5 Å². The number of allylic oxidation sites excluding steroid dienone is 1. The lowest BCUT2D eigenvalue weighted by Gasteiger charge is -1.99. The molecule has 15 heavy (non-hydrogen) atoms. The van der Waals surface area contributed by atoms with E-state index in [9.17, 15) is 0 Å². The summed E-state index contributed by atoms with van der Waals surface area (Å²) in [5.74, 6) is 0. The van der Waals surface area contributed by atoms with E-state index >= 15 is 0 Å². The third-order valence-corrected chi connectivity index (χ3v) is 2.92. The van der Waals surface area contributed by atoms with Crippen LogP contribution in [0, 0.1) is 5.41 Å². The number of thiazole rings is 1. The van der Waals surface area contributed by atoms with Gasteiger partial charge in [0.05, 0.1) is 10.2 Å². The first-order chi connectivity index (χ1) is 7.24. The highest BCUT2D eigenvalue weighted by Gasteiger charge is 2.03. The number of rotatable bonds is 2. The van der Waals surface area contributed by atoms with Gasteiger partial charge in [0, 0.05) is 18.0 Å². The van der Waals surface area contributed by atoms with Crippen LogP contribution in [-0.2, 0) is 0 Å². The molecule has 5 N–H and O–H groups in total. The summed E-state index contributed by atoms with van der Waals surface area (Å²) in [6.45, 7) is 0. The van der Waals surface area contributed by atoms with E-state index in [1.54, 1.807) is 0 Å². The second kappa shape index (κ2) is 3.70. The Morgan fingerprint density at radius 1 is 1.47 bits per heavy atom. The van der Waals surface area contributed by atoms with Gasteiger partial charge in [-0.2, -0.15) is 0 Å². The van der Waals surface area contributed by atoms with Gasteiger partial charge >= 0.3 is 0 Å². The van der Waals surface area contributed by atoms with Crippen molar-refractivity contribution >= 4 is 38.5 Å². The molecule has 0 bridgehead atoms. The average molecular weight is 218 g/mol. The lowest BCUT2D eigenvalue weighted by molar-refractivity contribution is 1.49. The molecule has 0 spiro atoms. The second-order valence-corrected chi connectivity index (χ2v) is 4.06. The summed E-state index contributed by atoms with van der Waals surface area (Å²) in [4.78, 5) is 4.15. The Bertz CT molecular complexity index is 541. The van der Waals surface area contributed by atoms with Crippen molar-refractivity contribution in [3.63, 3.8) is 0 Å². The highest BCUT2D eigenvalue weighted by Crippen LogP contribution is 2.26. The van der Waals surface area contributed by atoms with Gasteiger partial charge in [-0.3, -0.25) is 0 Å². The summed E-state index contributed by atoms with van der Waals surface area (Å²) in [7, 11) is 0. The molecule has 0 aliphatic rings. The van der Waals surface area contributed by atoms with E-state index in [-0.39, 0.29) is 0 Å². The average Bonchev–Trinajstić information content (AvgIpc) is 2.59. The maximum Gasteiger partial charge on any atom is 0.181 e. The molecule has 0 unspecified atom stereocenters. The van der Waals surface area contributed by atoms with E-state index in [1.165, 1.54) is 23.8 Å². The van der Waals surface area contributed by atoms with Gasteiger partial charge in [0.15, 0.2) is 5.13 Å². The lowest BCUT2D eigenvalue weighted by atomic mass is 10.1. The topological polar surface area (TPSA) is 88.8 Å². The highest BCUT2D eigenvalue weighted by molar-refractivity contribution is 7.22. The molecule has 1 heterocycles. The Morgan fingerprint density at radius 2 is 2.27 bits per heavy atom. The van der Waals surface area contributed by atoms with Crippen molar-refractivity contribution in [2.24, 2.45) is 5.73 Å². The minimum Gasteiger partial charge on any atom is -0.404 e. The number of nitrogen functional groups attached to an aromatic ring is 1. The van der Waals surface area contributed by atoms with Crippen LogP contribution >= 0.6 is 11.3 Å². The maximum atomic E-state index is 7.20. The number of fused-ring (bicyclic) bond motifs is 1. The Labute approximate surface area is 90.7 Å². The number of anilines is 1. The number of nitrogens with two attached hydrogens (primary N) is 2. The molecule has 5 heteroatoms. The van der Waals surface area contributed by atoms with Crippen molar-refractivity contribution in [3.8, 4) is 0 Å². The van der Waals surface area contributed by atoms with Crippen LogP contribution in [0.15, 0.2) is 24.4 Å². The minimum atomic E-state index is 0.551. The minimum absolute atomic E-state index is 0.551. The van der Waals surface area contributed by atoms with Crippen LogP contribution in [0.5, 0.6) is 0 Å². The van der Waals surface area contributed by atoms with Crippen LogP contribution in [0.25, 0.3) is 15.8 Å². The predicted octanol–water partition coefficient (Wildman–Crippen LogP) is 1.83. The zero-order valence-electron chi connectivity index (χ0n) is 7.90. The number of benzene rings is 1. The Morgan fingerprint density at radius 3 is 2.93 bits per heavy atom. The molecule has 0 aliphatic heterocycles. The fourth-order valence-electron chi connectivity index (χ4n) is 1.35. The first-order valence-corrected chi connectivity index (χ1v) is 5.15. The SMILES string of the molecule is N=C/C(=C\N)c1ccc2nc(N)sc2c1. The van der Waals surface area contributed by atoms with Crippen molar-refractivity contribution in [2.45, 2.75) is 0 Å². The molecule has 0 saturated heterocycles. The number of hydrogen-bond acceptors (Lipinski definition) is 5. The van der Waals surface area contributed by atoms with Crippen LogP contribution in [0.4, 0.5) is 5.13 Å². The van der Waals surface area contributed by atoms with Crippen molar-refractivity contribution in [1.29, 1.82) is 5.41 Å². The summed E-state index contributed by atoms with van der Waals surface area (Å²) < 4.78 is 1.01. The molecule has 0 aliphatic carbocycles. The fourth-order valence-corrected chi connectivity index (χ4v) is 2.12. The monoisotopic (exact) mass is 218 g/mol. The molecule has 0 fully saturated rings. The number of nitrogens with zero attached hydrogens (tertiary/aromatic N) is 1. The number of nitrogens with one attached hydrogen (secondary N) is 1. The molecule has 76 valence electrons. The number of hydrogen-bond donors (Lipinski definition) is 3. The van der Waals surface area contributed by atoms with E-state index < -0.39 is 0 Å². The quantitative estimate of drug-likeness (QED) is 0.672. The largest absolute Gasteiger partial charge is 0.404 e. The summed E-state index contributed by atoms with van der Waals surface area (Å²) in [6.07, 6.45) is 2.64. The smallest absolute Gasteiger partial charge is 0.181 e. The van der Waals surface area contributed by atoms with Crippen LogP contribution in [0.3, 0.4) is 0 Å². The first-order valence-electron chi connectivity index (χ1n) is 4.33. The van der Waals surface area contributed by atoms with Crippen molar-refractivity contribution in [2.75, 3.05) is 5.73 Å². The lowest BCUT2D eigenvalue weighted by Crippen LogP contribution is -1.89. The van der Waals surface area contributed by atoms with Gasteiger partial charge in [-0.05, 0) is 17.7 Å². The van der Waals surface area contributed by atoms with Gasteiger partial charge in [0.25, 0.3) is 0 Å². The van der Waals surface area contributed by atoms with Crippen LogP contribution in [0.1, 0.15) is 5.56 Å². The van der Waals surface area contributed by atoms with Gasteiger partial charge in [0.1, 0.15) is 0 Å². The second-order valence-electron chi connectivity index (χ2n) is 3.00.